The molecule has 0 aromatic heterocycles. The van der Waals surface area contributed by atoms with Crippen LogP contribution in [0.3, 0.4) is 0 Å². The zero-order chi connectivity index (χ0) is 14.3. The van der Waals surface area contributed by atoms with E-state index in [0.29, 0.717) is 24.6 Å². The molecule has 1 aliphatic carbocycles. The van der Waals surface area contributed by atoms with Crippen LogP contribution in [0.4, 0.5) is 0 Å². The molecule has 3 rings (SSSR count). The lowest BCUT2D eigenvalue weighted by atomic mass is 9.57. The van der Waals surface area contributed by atoms with E-state index in [2.05, 4.69) is 38.2 Å². The molecule has 1 saturated heterocycles. The largest absolute Gasteiger partial charge is 0.387 e. The van der Waals surface area contributed by atoms with Crippen LogP contribution in [0.5, 0.6) is 0 Å². The molecule has 0 amide bonds. The maximum Gasteiger partial charge on any atom is 0.0914 e. The number of fused-ring (bicyclic) bond motifs is 1. The first kappa shape index (κ1) is 14.1. The molecule has 20 heavy (non-hydrogen) atoms. The topological polar surface area (TPSA) is 41.5 Å². The van der Waals surface area contributed by atoms with E-state index < -0.39 is 6.10 Å². The number of aliphatic hydroxyl groups is 1. The summed E-state index contributed by atoms with van der Waals surface area (Å²) in [7, 11) is 0. The molecule has 3 nitrogen and oxygen atoms in total. The van der Waals surface area contributed by atoms with Gasteiger partial charge in [-0.1, -0.05) is 43.7 Å². The van der Waals surface area contributed by atoms with Crippen molar-refractivity contribution in [2.45, 2.75) is 45.4 Å². The fourth-order valence-corrected chi connectivity index (χ4v) is 3.97. The minimum absolute atomic E-state index is 0.174. The van der Waals surface area contributed by atoms with Gasteiger partial charge < -0.3 is 15.2 Å². The molecular weight excluding hydrogens is 250 g/mol. The smallest absolute Gasteiger partial charge is 0.0914 e. The van der Waals surface area contributed by atoms with Crippen LogP contribution in [0.25, 0.3) is 0 Å². The van der Waals surface area contributed by atoms with Crippen LogP contribution >= 0.6 is 0 Å². The minimum atomic E-state index is -0.438. The SMILES string of the molecule is Cc1cccc(C(O)CNC2C3CCOC3C2(C)C)c1. The van der Waals surface area contributed by atoms with E-state index in [0.717, 1.165) is 18.6 Å². The molecule has 1 aromatic carbocycles. The van der Waals surface area contributed by atoms with Gasteiger partial charge in [0.25, 0.3) is 0 Å². The Hall–Kier alpha value is -0.900. The van der Waals surface area contributed by atoms with Gasteiger partial charge in [-0.05, 0) is 18.9 Å². The van der Waals surface area contributed by atoms with Crippen molar-refractivity contribution < 1.29 is 9.84 Å². The Balaban J connectivity index is 1.60. The molecule has 1 heterocycles. The zero-order valence-electron chi connectivity index (χ0n) is 12.6. The van der Waals surface area contributed by atoms with Gasteiger partial charge in [0.15, 0.2) is 0 Å². The molecular formula is C17H25NO2. The number of hydrogen-bond donors (Lipinski definition) is 2. The highest BCUT2D eigenvalue weighted by Crippen LogP contribution is 2.52. The van der Waals surface area contributed by atoms with Crippen molar-refractivity contribution in [2.75, 3.05) is 13.2 Å². The molecule has 2 N–H and O–H groups in total. The molecule has 4 atom stereocenters. The zero-order valence-corrected chi connectivity index (χ0v) is 12.6. The number of hydrogen-bond acceptors (Lipinski definition) is 3. The average Bonchev–Trinajstić information content (AvgIpc) is 2.85. The second-order valence-corrected chi connectivity index (χ2v) is 6.88. The van der Waals surface area contributed by atoms with Crippen molar-refractivity contribution in [3.8, 4) is 0 Å². The average molecular weight is 275 g/mol. The first-order valence-electron chi connectivity index (χ1n) is 7.60. The fourth-order valence-electron chi connectivity index (χ4n) is 3.97. The number of rotatable bonds is 4. The van der Waals surface area contributed by atoms with Gasteiger partial charge in [-0.2, -0.15) is 0 Å². The molecule has 2 fully saturated rings. The highest BCUT2D eigenvalue weighted by molar-refractivity contribution is 5.24. The Labute approximate surface area is 121 Å². The second kappa shape index (κ2) is 5.14. The molecule has 0 radical (unpaired) electrons. The molecule has 4 unspecified atom stereocenters. The first-order chi connectivity index (χ1) is 9.50. The van der Waals surface area contributed by atoms with Crippen molar-refractivity contribution in [1.29, 1.82) is 0 Å². The summed E-state index contributed by atoms with van der Waals surface area (Å²) < 4.78 is 5.80. The van der Waals surface area contributed by atoms with Crippen LogP contribution in [-0.4, -0.2) is 30.4 Å². The summed E-state index contributed by atoms with van der Waals surface area (Å²) in [5.74, 6) is 0.620. The van der Waals surface area contributed by atoms with E-state index in [9.17, 15) is 5.11 Å². The Morgan fingerprint density at radius 3 is 3.00 bits per heavy atom. The molecule has 110 valence electrons. The van der Waals surface area contributed by atoms with Gasteiger partial charge in [-0.25, -0.2) is 0 Å². The van der Waals surface area contributed by atoms with E-state index in [1.54, 1.807) is 0 Å². The monoisotopic (exact) mass is 275 g/mol. The highest BCUT2D eigenvalue weighted by Gasteiger charge is 2.58. The number of benzene rings is 1. The minimum Gasteiger partial charge on any atom is -0.387 e. The summed E-state index contributed by atoms with van der Waals surface area (Å²) in [6, 6.07) is 8.56. The maximum absolute atomic E-state index is 10.3. The van der Waals surface area contributed by atoms with Crippen LogP contribution in [0.2, 0.25) is 0 Å². The molecule has 0 bridgehead atoms. The molecule has 1 saturated carbocycles. The maximum atomic E-state index is 10.3. The van der Waals surface area contributed by atoms with Crippen LogP contribution in [-0.2, 0) is 4.74 Å². The lowest BCUT2D eigenvalue weighted by molar-refractivity contribution is -0.114. The van der Waals surface area contributed by atoms with Crippen LogP contribution < -0.4 is 5.32 Å². The molecule has 1 aliphatic heterocycles. The predicted molar refractivity (Wildman–Crippen MR) is 79.6 cm³/mol. The fraction of sp³-hybridized carbons (Fsp3) is 0.647. The van der Waals surface area contributed by atoms with Gasteiger partial charge in [0.2, 0.25) is 0 Å². The number of ether oxygens (including phenoxy) is 1. The van der Waals surface area contributed by atoms with Crippen LogP contribution in [0.15, 0.2) is 24.3 Å². The number of nitrogens with one attached hydrogen (secondary N) is 1. The standard InChI is InChI=1S/C17H25NO2/c1-11-5-4-6-12(9-11)14(19)10-18-15-13-7-8-20-16(13)17(15,2)3/h4-6,9,13-16,18-19H,7-8,10H2,1-3H3. The summed E-state index contributed by atoms with van der Waals surface area (Å²) in [6.07, 6.45) is 1.11. The third kappa shape index (κ3) is 2.28. The van der Waals surface area contributed by atoms with Crippen LogP contribution in [0, 0.1) is 18.3 Å². The van der Waals surface area contributed by atoms with Crippen molar-refractivity contribution >= 4 is 0 Å². The third-order valence-corrected chi connectivity index (χ3v) is 5.06. The van der Waals surface area contributed by atoms with E-state index in [-0.39, 0.29) is 5.41 Å². The van der Waals surface area contributed by atoms with E-state index in [1.807, 2.05) is 12.1 Å². The molecule has 1 aromatic rings. The Bertz CT molecular complexity index is 486. The Kier molecular flexibility index (Phi) is 3.61. The van der Waals surface area contributed by atoms with Crippen molar-refractivity contribution in [2.24, 2.45) is 11.3 Å². The van der Waals surface area contributed by atoms with E-state index >= 15 is 0 Å². The van der Waals surface area contributed by atoms with Gasteiger partial charge in [-0.15, -0.1) is 0 Å². The second-order valence-electron chi connectivity index (χ2n) is 6.88. The molecule has 3 heteroatoms. The summed E-state index contributed by atoms with van der Waals surface area (Å²) >= 11 is 0. The number of aliphatic hydroxyl groups excluding tert-OH is 1. The number of aryl methyl sites for hydroxylation is 1. The van der Waals surface area contributed by atoms with Gasteiger partial charge in [0.1, 0.15) is 0 Å². The lowest BCUT2D eigenvalue weighted by Crippen LogP contribution is -2.66. The third-order valence-electron chi connectivity index (χ3n) is 5.06. The quantitative estimate of drug-likeness (QED) is 0.887. The summed E-state index contributed by atoms with van der Waals surface area (Å²) in [6.45, 7) is 8.07. The van der Waals surface area contributed by atoms with Crippen molar-refractivity contribution in [3.63, 3.8) is 0 Å². The van der Waals surface area contributed by atoms with Crippen LogP contribution in [0.1, 0.15) is 37.5 Å². The summed E-state index contributed by atoms with van der Waals surface area (Å²) in [5.41, 5.74) is 2.36. The van der Waals surface area contributed by atoms with Crippen molar-refractivity contribution in [1.82, 2.24) is 5.32 Å². The highest BCUT2D eigenvalue weighted by atomic mass is 16.5. The first-order valence-corrected chi connectivity index (χ1v) is 7.60. The normalized spacial score (nSPS) is 32.5. The van der Waals surface area contributed by atoms with E-state index in [1.165, 1.54) is 5.56 Å². The lowest BCUT2D eigenvalue weighted by Gasteiger charge is -2.55. The van der Waals surface area contributed by atoms with Gasteiger partial charge >= 0.3 is 0 Å². The van der Waals surface area contributed by atoms with E-state index in [4.69, 9.17) is 4.74 Å². The van der Waals surface area contributed by atoms with Crippen molar-refractivity contribution in [3.05, 3.63) is 35.4 Å². The Morgan fingerprint density at radius 1 is 1.45 bits per heavy atom. The summed E-state index contributed by atoms with van der Waals surface area (Å²) in [4.78, 5) is 0. The van der Waals surface area contributed by atoms with Gasteiger partial charge in [0, 0.05) is 30.5 Å². The van der Waals surface area contributed by atoms with Gasteiger partial charge in [-0.3, -0.25) is 0 Å². The Morgan fingerprint density at radius 2 is 2.25 bits per heavy atom. The predicted octanol–water partition coefficient (Wildman–Crippen LogP) is 2.43. The molecule has 2 aliphatic rings. The van der Waals surface area contributed by atoms with Gasteiger partial charge in [0.05, 0.1) is 12.2 Å². The molecule has 0 spiro atoms. The summed E-state index contributed by atoms with van der Waals surface area (Å²) in [5, 5.41) is 13.9.